The smallest absolute Gasteiger partial charge is 0.220 e. The first-order chi connectivity index (χ1) is 6.29. The van der Waals surface area contributed by atoms with Crippen LogP contribution >= 0.6 is 0 Å². The van der Waals surface area contributed by atoms with Gasteiger partial charge >= 0.3 is 0 Å². The highest BCUT2D eigenvalue weighted by atomic mass is 16.2. The van der Waals surface area contributed by atoms with Crippen LogP contribution in [0.3, 0.4) is 0 Å². The Bertz CT molecular complexity index is 294. The number of hydrogen-bond acceptors (Lipinski definition) is 2. The van der Waals surface area contributed by atoms with Gasteiger partial charge in [0.25, 0.3) is 0 Å². The molecule has 4 heteroatoms. The summed E-state index contributed by atoms with van der Waals surface area (Å²) < 4.78 is 0. The third kappa shape index (κ3) is 1.43. The van der Waals surface area contributed by atoms with Crippen LogP contribution in [0.5, 0.6) is 0 Å². The van der Waals surface area contributed by atoms with E-state index in [4.69, 9.17) is 0 Å². The lowest BCUT2D eigenvalue weighted by Crippen LogP contribution is -2.28. The van der Waals surface area contributed by atoms with Gasteiger partial charge in [0.05, 0.1) is 6.04 Å². The number of aromatic nitrogens is 2. The van der Waals surface area contributed by atoms with Crippen molar-refractivity contribution in [2.45, 2.75) is 25.8 Å². The number of carbonyl (C=O) groups excluding carboxylic acids is 1. The van der Waals surface area contributed by atoms with Gasteiger partial charge in [-0.15, -0.1) is 0 Å². The average molecular weight is 179 g/mol. The number of rotatable bonds is 1. The number of carbonyl (C=O) groups is 1. The Labute approximate surface area is 77.0 Å². The van der Waals surface area contributed by atoms with Crippen LogP contribution in [0.2, 0.25) is 0 Å². The van der Waals surface area contributed by atoms with Crippen LogP contribution in [0.1, 0.15) is 31.6 Å². The van der Waals surface area contributed by atoms with Gasteiger partial charge in [0.1, 0.15) is 5.82 Å². The van der Waals surface area contributed by atoms with Gasteiger partial charge in [-0.05, 0) is 12.8 Å². The zero-order chi connectivity index (χ0) is 9.26. The second kappa shape index (κ2) is 3.20. The number of nitrogens with zero attached hydrogens (tertiary/aromatic N) is 2. The molecule has 1 aliphatic rings. The first-order valence-corrected chi connectivity index (χ1v) is 4.55. The second-order valence-corrected chi connectivity index (χ2v) is 3.34. The van der Waals surface area contributed by atoms with Gasteiger partial charge < -0.3 is 9.88 Å². The predicted molar refractivity (Wildman–Crippen MR) is 47.9 cm³/mol. The quantitative estimate of drug-likeness (QED) is 0.701. The van der Waals surface area contributed by atoms with Crippen LogP contribution < -0.4 is 0 Å². The van der Waals surface area contributed by atoms with Gasteiger partial charge in [-0.1, -0.05) is 0 Å². The molecule has 0 aromatic carbocycles. The van der Waals surface area contributed by atoms with Crippen LogP contribution in [-0.2, 0) is 4.79 Å². The van der Waals surface area contributed by atoms with Gasteiger partial charge in [-0.2, -0.15) is 0 Å². The Balaban J connectivity index is 2.19. The monoisotopic (exact) mass is 179 g/mol. The molecule has 70 valence electrons. The Kier molecular flexibility index (Phi) is 2.04. The Morgan fingerprint density at radius 1 is 1.77 bits per heavy atom. The zero-order valence-corrected chi connectivity index (χ0v) is 7.66. The molecule has 13 heavy (non-hydrogen) atoms. The van der Waals surface area contributed by atoms with Crippen LogP contribution in [-0.4, -0.2) is 27.3 Å². The van der Waals surface area contributed by atoms with Crippen LogP contribution in [0.4, 0.5) is 0 Å². The minimum absolute atomic E-state index is 0.138. The number of hydrogen-bond donors (Lipinski definition) is 1. The lowest BCUT2D eigenvalue weighted by atomic mass is 10.2. The number of aromatic amines is 1. The van der Waals surface area contributed by atoms with Crippen molar-refractivity contribution in [1.82, 2.24) is 14.9 Å². The van der Waals surface area contributed by atoms with E-state index in [0.29, 0.717) is 0 Å². The van der Waals surface area contributed by atoms with Gasteiger partial charge in [-0.25, -0.2) is 4.98 Å². The van der Waals surface area contributed by atoms with Crippen molar-refractivity contribution >= 4 is 5.91 Å². The summed E-state index contributed by atoms with van der Waals surface area (Å²) >= 11 is 0. The predicted octanol–water partition coefficient (Wildman–Crippen LogP) is 1.09. The van der Waals surface area contributed by atoms with E-state index >= 15 is 0 Å². The molecule has 0 bridgehead atoms. The Morgan fingerprint density at radius 2 is 2.62 bits per heavy atom. The van der Waals surface area contributed by atoms with Crippen molar-refractivity contribution in [2.75, 3.05) is 6.54 Å². The molecule has 0 radical (unpaired) electrons. The van der Waals surface area contributed by atoms with Gasteiger partial charge in [0.15, 0.2) is 0 Å². The minimum Gasteiger partial charge on any atom is -0.347 e. The first kappa shape index (κ1) is 8.29. The summed E-state index contributed by atoms with van der Waals surface area (Å²) in [5, 5.41) is 0. The molecular formula is C9H13N3O. The van der Waals surface area contributed by atoms with Crippen molar-refractivity contribution in [3.63, 3.8) is 0 Å². The maximum Gasteiger partial charge on any atom is 0.220 e. The van der Waals surface area contributed by atoms with Crippen LogP contribution in [0.25, 0.3) is 0 Å². The number of amides is 1. The zero-order valence-electron chi connectivity index (χ0n) is 7.66. The highest BCUT2D eigenvalue weighted by molar-refractivity contribution is 5.74. The fraction of sp³-hybridized carbons (Fsp3) is 0.556. The average Bonchev–Trinajstić information content (AvgIpc) is 2.74. The molecule has 1 amide bonds. The summed E-state index contributed by atoms with van der Waals surface area (Å²) in [6.07, 6.45) is 5.62. The third-order valence-corrected chi connectivity index (χ3v) is 2.49. The van der Waals surface area contributed by atoms with Crippen molar-refractivity contribution in [2.24, 2.45) is 0 Å². The highest BCUT2D eigenvalue weighted by Gasteiger charge is 2.29. The van der Waals surface area contributed by atoms with Crippen LogP contribution in [0.15, 0.2) is 12.4 Å². The normalized spacial score (nSPS) is 22.2. The van der Waals surface area contributed by atoms with E-state index in [1.165, 1.54) is 0 Å². The van der Waals surface area contributed by atoms with Gasteiger partial charge in [0, 0.05) is 25.9 Å². The maximum absolute atomic E-state index is 11.2. The molecule has 0 saturated carbocycles. The lowest BCUT2D eigenvalue weighted by Gasteiger charge is -2.21. The topological polar surface area (TPSA) is 49.0 Å². The number of H-pyrrole nitrogens is 1. The number of imidazole rings is 1. The Hall–Kier alpha value is -1.32. The summed E-state index contributed by atoms with van der Waals surface area (Å²) in [7, 11) is 0. The number of nitrogens with one attached hydrogen (secondary N) is 1. The molecule has 1 aromatic heterocycles. The van der Waals surface area contributed by atoms with Crippen LogP contribution in [0, 0.1) is 0 Å². The van der Waals surface area contributed by atoms with Crippen molar-refractivity contribution < 1.29 is 4.79 Å². The maximum atomic E-state index is 11.2. The van der Waals surface area contributed by atoms with Crippen molar-refractivity contribution in [3.05, 3.63) is 18.2 Å². The molecule has 0 spiro atoms. The van der Waals surface area contributed by atoms with Crippen molar-refractivity contribution in [3.8, 4) is 0 Å². The Morgan fingerprint density at radius 3 is 3.23 bits per heavy atom. The molecule has 1 fully saturated rings. The highest BCUT2D eigenvalue weighted by Crippen LogP contribution is 2.29. The van der Waals surface area contributed by atoms with E-state index in [2.05, 4.69) is 9.97 Å². The molecule has 1 N–H and O–H groups in total. The van der Waals surface area contributed by atoms with Crippen molar-refractivity contribution in [1.29, 1.82) is 0 Å². The standard InChI is InChI=1S/C9H13N3O/c1-7(13)12-6-2-3-8(12)9-10-4-5-11-9/h4-5,8H,2-3,6H2,1H3,(H,10,11)/t8-/m0/s1. The molecule has 2 rings (SSSR count). The fourth-order valence-corrected chi connectivity index (χ4v) is 1.89. The van der Waals surface area contributed by atoms with E-state index in [0.717, 1.165) is 25.2 Å². The molecule has 1 atom stereocenters. The first-order valence-electron chi connectivity index (χ1n) is 4.55. The SMILES string of the molecule is CC(=O)N1CCC[C@H]1c1ncc[nH]1. The molecule has 1 aliphatic heterocycles. The molecule has 0 unspecified atom stereocenters. The summed E-state index contributed by atoms with van der Waals surface area (Å²) in [5.41, 5.74) is 0. The molecular weight excluding hydrogens is 166 g/mol. The molecule has 4 nitrogen and oxygen atoms in total. The summed E-state index contributed by atoms with van der Waals surface area (Å²) in [6.45, 7) is 2.47. The van der Waals surface area contributed by atoms with E-state index in [9.17, 15) is 4.79 Å². The molecule has 1 saturated heterocycles. The fourth-order valence-electron chi connectivity index (χ4n) is 1.89. The molecule has 0 aliphatic carbocycles. The van der Waals surface area contributed by atoms with E-state index in [1.54, 1.807) is 19.3 Å². The van der Waals surface area contributed by atoms with Gasteiger partial charge in [-0.3, -0.25) is 4.79 Å². The third-order valence-electron chi connectivity index (χ3n) is 2.49. The lowest BCUT2D eigenvalue weighted by molar-refractivity contribution is -0.129. The summed E-state index contributed by atoms with van der Waals surface area (Å²) in [6, 6.07) is 0.174. The minimum atomic E-state index is 0.138. The second-order valence-electron chi connectivity index (χ2n) is 3.34. The summed E-state index contributed by atoms with van der Waals surface area (Å²) in [5.74, 6) is 1.05. The van der Waals surface area contributed by atoms with Gasteiger partial charge in [0.2, 0.25) is 5.91 Å². The molecule has 1 aromatic rings. The largest absolute Gasteiger partial charge is 0.347 e. The van der Waals surface area contributed by atoms with E-state index < -0.39 is 0 Å². The molecule has 2 heterocycles. The van der Waals surface area contributed by atoms with E-state index in [-0.39, 0.29) is 11.9 Å². The van der Waals surface area contributed by atoms with E-state index in [1.807, 2.05) is 4.90 Å². The summed E-state index contributed by atoms with van der Waals surface area (Å²) in [4.78, 5) is 20.4. The number of likely N-dealkylation sites (tertiary alicyclic amines) is 1.